The number of rotatable bonds is 9. The summed E-state index contributed by atoms with van der Waals surface area (Å²) in [5, 5.41) is 4.66. The first kappa shape index (κ1) is 20.5. The second-order valence-electron chi connectivity index (χ2n) is 6.29. The minimum atomic E-state index is 0.339. The topological polar surface area (TPSA) is 30.5 Å². The molecule has 0 saturated heterocycles. The Hall–Kier alpha value is -2.20. The van der Waals surface area contributed by atoms with Gasteiger partial charge in [0.05, 0.1) is 6.61 Å². The first-order valence-corrected chi connectivity index (χ1v) is 9.99. The average molecular weight is 416 g/mol. The fourth-order valence-corrected chi connectivity index (χ4v) is 3.32. The van der Waals surface area contributed by atoms with Gasteiger partial charge >= 0.3 is 0 Å². The first-order valence-electron chi connectivity index (χ1n) is 9.23. The quantitative estimate of drug-likeness (QED) is 0.447. The van der Waals surface area contributed by atoms with Crippen molar-refractivity contribution in [3.05, 3.63) is 93.5 Å². The summed E-state index contributed by atoms with van der Waals surface area (Å²) in [6, 6.07) is 21.6. The zero-order valence-corrected chi connectivity index (χ0v) is 17.3. The molecule has 0 heterocycles. The van der Waals surface area contributed by atoms with Crippen molar-refractivity contribution in [2.75, 3.05) is 6.61 Å². The second-order valence-corrected chi connectivity index (χ2v) is 7.13. The molecule has 0 saturated carbocycles. The van der Waals surface area contributed by atoms with E-state index >= 15 is 0 Å². The highest BCUT2D eigenvalue weighted by Gasteiger charge is 2.12. The fraction of sp³-hybridized carbons (Fsp3) is 0.217. The minimum absolute atomic E-state index is 0.339. The molecule has 5 heteroatoms. The Balaban J connectivity index is 1.73. The van der Waals surface area contributed by atoms with Gasteiger partial charge in [0.1, 0.15) is 6.61 Å². The van der Waals surface area contributed by atoms with E-state index in [1.54, 1.807) is 6.07 Å². The van der Waals surface area contributed by atoms with E-state index in [-0.39, 0.29) is 0 Å². The summed E-state index contributed by atoms with van der Waals surface area (Å²) >= 11 is 12.3. The number of para-hydroxylation sites is 1. The summed E-state index contributed by atoms with van der Waals surface area (Å²) < 4.78 is 11.9. The summed E-state index contributed by atoms with van der Waals surface area (Å²) in [5.41, 5.74) is 3.14. The summed E-state index contributed by atoms with van der Waals surface area (Å²) in [6.45, 7) is 4.31. The summed E-state index contributed by atoms with van der Waals surface area (Å²) in [5.74, 6) is 1.46. The van der Waals surface area contributed by atoms with Gasteiger partial charge in [0.15, 0.2) is 11.5 Å². The number of hydrogen-bond acceptors (Lipinski definition) is 3. The van der Waals surface area contributed by atoms with Crippen LogP contribution in [0.25, 0.3) is 0 Å². The highest BCUT2D eigenvalue weighted by atomic mass is 35.5. The third kappa shape index (κ3) is 5.65. The van der Waals surface area contributed by atoms with Gasteiger partial charge in [-0.2, -0.15) is 0 Å². The van der Waals surface area contributed by atoms with Crippen LogP contribution in [0.1, 0.15) is 23.6 Å². The van der Waals surface area contributed by atoms with Gasteiger partial charge in [0.2, 0.25) is 0 Å². The third-order valence-corrected chi connectivity index (χ3v) is 4.82. The van der Waals surface area contributed by atoms with Crippen LogP contribution in [0.5, 0.6) is 11.5 Å². The number of hydrogen-bond donors (Lipinski definition) is 1. The lowest BCUT2D eigenvalue weighted by Gasteiger charge is -2.17. The van der Waals surface area contributed by atoms with Crippen LogP contribution in [0.4, 0.5) is 0 Å². The van der Waals surface area contributed by atoms with E-state index in [1.165, 1.54) is 5.56 Å². The van der Waals surface area contributed by atoms with Gasteiger partial charge < -0.3 is 14.8 Å². The Kier molecular flexibility index (Phi) is 7.61. The number of nitrogens with one attached hydrogen (secondary N) is 1. The summed E-state index contributed by atoms with van der Waals surface area (Å²) in [4.78, 5) is 0. The normalized spacial score (nSPS) is 10.7. The molecular weight excluding hydrogens is 393 g/mol. The molecule has 28 heavy (non-hydrogen) atoms. The molecule has 0 fully saturated rings. The number of benzene rings is 3. The highest BCUT2D eigenvalue weighted by Crippen LogP contribution is 2.33. The molecule has 0 aliphatic carbocycles. The second kappa shape index (κ2) is 10.4. The van der Waals surface area contributed by atoms with E-state index in [2.05, 4.69) is 17.4 Å². The van der Waals surface area contributed by atoms with Gasteiger partial charge in [0.25, 0.3) is 0 Å². The van der Waals surface area contributed by atoms with Crippen LogP contribution < -0.4 is 14.8 Å². The molecule has 0 unspecified atom stereocenters. The zero-order chi connectivity index (χ0) is 19.8. The van der Waals surface area contributed by atoms with E-state index in [0.717, 1.165) is 29.2 Å². The third-order valence-electron chi connectivity index (χ3n) is 4.23. The molecule has 3 aromatic rings. The van der Waals surface area contributed by atoms with Crippen molar-refractivity contribution in [1.29, 1.82) is 0 Å². The van der Waals surface area contributed by atoms with Crippen molar-refractivity contribution < 1.29 is 9.47 Å². The lowest BCUT2D eigenvalue weighted by Crippen LogP contribution is -2.14. The number of ether oxygens (including phenoxy) is 2. The lowest BCUT2D eigenvalue weighted by molar-refractivity contribution is 0.266. The van der Waals surface area contributed by atoms with Crippen molar-refractivity contribution in [3.63, 3.8) is 0 Å². The van der Waals surface area contributed by atoms with Crippen LogP contribution in [0.3, 0.4) is 0 Å². The average Bonchev–Trinajstić information content (AvgIpc) is 2.70. The van der Waals surface area contributed by atoms with Gasteiger partial charge in [-0.05, 0) is 30.7 Å². The van der Waals surface area contributed by atoms with Crippen molar-refractivity contribution in [2.24, 2.45) is 0 Å². The van der Waals surface area contributed by atoms with E-state index in [9.17, 15) is 0 Å². The zero-order valence-electron chi connectivity index (χ0n) is 15.8. The van der Waals surface area contributed by atoms with Gasteiger partial charge in [-0.1, -0.05) is 71.7 Å². The molecule has 0 amide bonds. The van der Waals surface area contributed by atoms with E-state index in [1.807, 2.05) is 55.5 Å². The Labute approximate surface area is 176 Å². The Morgan fingerprint density at radius 2 is 1.64 bits per heavy atom. The molecular formula is C23H23Cl2NO2. The van der Waals surface area contributed by atoms with Gasteiger partial charge in [-0.3, -0.25) is 0 Å². The summed E-state index contributed by atoms with van der Waals surface area (Å²) in [6.07, 6.45) is 0. The van der Waals surface area contributed by atoms with Crippen molar-refractivity contribution in [2.45, 2.75) is 26.6 Å². The van der Waals surface area contributed by atoms with E-state index < -0.39 is 0 Å². The van der Waals surface area contributed by atoms with Crippen LogP contribution in [-0.2, 0) is 19.7 Å². The first-order chi connectivity index (χ1) is 13.7. The molecule has 0 radical (unpaired) electrons. The van der Waals surface area contributed by atoms with E-state index in [4.69, 9.17) is 32.7 Å². The Morgan fingerprint density at radius 1 is 0.821 bits per heavy atom. The van der Waals surface area contributed by atoms with Crippen molar-refractivity contribution >= 4 is 23.2 Å². The van der Waals surface area contributed by atoms with Gasteiger partial charge in [-0.15, -0.1) is 0 Å². The Bertz CT molecular complexity index is 900. The maximum Gasteiger partial charge on any atom is 0.166 e. The smallest absolute Gasteiger partial charge is 0.166 e. The maximum atomic E-state index is 6.28. The van der Waals surface area contributed by atoms with E-state index in [0.29, 0.717) is 29.8 Å². The van der Waals surface area contributed by atoms with Crippen LogP contribution in [0.15, 0.2) is 66.7 Å². The van der Waals surface area contributed by atoms with Crippen LogP contribution in [0.2, 0.25) is 10.0 Å². The molecule has 3 nitrogen and oxygen atoms in total. The molecule has 0 aromatic heterocycles. The Morgan fingerprint density at radius 3 is 2.39 bits per heavy atom. The minimum Gasteiger partial charge on any atom is -0.490 e. The maximum absolute atomic E-state index is 6.28. The van der Waals surface area contributed by atoms with Crippen LogP contribution in [0, 0.1) is 0 Å². The van der Waals surface area contributed by atoms with Crippen molar-refractivity contribution in [1.82, 2.24) is 5.32 Å². The molecule has 0 aliphatic rings. The molecule has 3 aromatic carbocycles. The highest BCUT2D eigenvalue weighted by molar-refractivity contribution is 6.35. The monoisotopic (exact) mass is 415 g/mol. The van der Waals surface area contributed by atoms with Crippen molar-refractivity contribution in [3.8, 4) is 11.5 Å². The standard InChI is InChI=1S/C23H23Cl2NO2/c1-2-27-22-10-6-9-18(15-26-14-17-7-4-3-5-8-17)23(22)28-16-19-11-12-20(24)13-21(19)25/h3-13,26H,2,14-16H2,1H3. The molecule has 1 N–H and O–H groups in total. The van der Waals surface area contributed by atoms with Gasteiger partial charge in [-0.25, -0.2) is 0 Å². The van der Waals surface area contributed by atoms with Crippen LogP contribution >= 0.6 is 23.2 Å². The largest absolute Gasteiger partial charge is 0.490 e. The predicted molar refractivity (Wildman–Crippen MR) is 115 cm³/mol. The fourth-order valence-electron chi connectivity index (χ4n) is 2.86. The van der Waals surface area contributed by atoms with Crippen LogP contribution in [-0.4, -0.2) is 6.61 Å². The molecule has 0 aliphatic heterocycles. The molecule has 146 valence electrons. The molecule has 3 rings (SSSR count). The SMILES string of the molecule is CCOc1cccc(CNCc2ccccc2)c1OCc1ccc(Cl)cc1Cl. The molecule has 0 atom stereocenters. The lowest BCUT2D eigenvalue weighted by atomic mass is 10.1. The van der Waals surface area contributed by atoms with Gasteiger partial charge in [0, 0.05) is 34.3 Å². The number of halogens is 2. The molecule has 0 spiro atoms. The predicted octanol–water partition coefficient (Wildman–Crippen LogP) is 6.26. The summed E-state index contributed by atoms with van der Waals surface area (Å²) in [7, 11) is 0. The molecule has 0 bridgehead atoms.